The van der Waals surface area contributed by atoms with Crippen LogP contribution in [0.3, 0.4) is 0 Å². The van der Waals surface area contributed by atoms with E-state index in [9.17, 15) is 9.59 Å². The molecule has 2 N–H and O–H groups in total. The third kappa shape index (κ3) is 5.44. The fourth-order valence-corrected chi connectivity index (χ4v) is 3.08. The summed E-state index contributed by atoms with van der Waals surface area (Å²) in [7, 11) is 0. The lowest BCUT2D eigenvalue weighted by Crippen LogP contribution is -2.37. The molecule has 140 valence electrons. The SMILES string of the molecule is CCNCCNC(=O)C1CC(=O)N(c2ccccc2C(C)CC)C1.Cl. The molecule has 2 atom stereocenters. The van der Waals surface area contributed by atoms with Gasteiger partial charge in [-0.2, -0.15) is 0 Å². The van der Waals surface area contributed by atoms with Gasteiger partial charge in [-0.3, -0.25) is 9.59 Å². The summed E-state index contributed by atoms with van der Waals surface area (Å²) in [5.41, 5.74) is 2.14. The monoisotopic (exact) mass is 367 g/mol. The molecule has 2 rings (SSSR count). The molecule has 0 aliphatic carbocycles. The summed E-state index contributed by atoms with van der Waals surface area (Å²) in [6.45, 7) is 9.06. The number of hydrogen-bond acceptors (Lipinski definition) is 3. The maximum absolute atomic E-state index is 12.5. The molecule has 1 aromatic carbocycles. The van der Waals surface area contributed by atoms with Crippen LogP contribution in [0.15, 0.2) is 24.3 Å². The van der Waals surface area contributed by atoms with E-state index in [1.165, 1.54) is 5.56 Å². The van der Waals surface area contributed by atoms with Crippen molar-refractivity contribution in [3.05, 3.63) is 29.8 Å². The molecule has 1 saturated heterocycles. The summed E-state index contributed by atoms with van der Waals surface area (Å²) < 4.78 is 0. The third-order valence-corrected chi connectivity index (χ3v) is 4.72. The fourth-order valence-electron chi connectivity index (χ4n) is 3.08. The van der Waals surface area contributed by atoms with Crippen molar-refractivity contribution < 1.29 is 9.59 Å². The van der Waals surface area contributed by atoms with E-state index in [2.05, 4.69) is 30.5 Å². The number of amides is 2. The van der Waals surface area contributed by atoms with Crippen LogP contribution in [0.1, 0.15) is 45.1 Å². The van der Waals surface area contributed by atoms with Crippen molar-refractivity contribution in [3.63, 3.8) is 0 Å². The van der Waals surface area contributed by atoms with Gasteiger partial charge in [0.2, 0.25) is 11.8 Å². The van der Waals surface area contributed by atoms with E-state index < -0.39 is 0 Å². The maximum Gasteiger partial charge on any atom is 0.227 e. The second-order valence-electron chi connectivity index (χ2n) is 6.42. The largest absolute Gasteiger partial charge is 0.355 e. The molecule has 1 heterocycles. The number of nitrogens with zero attached hydrogens (tertiary/aromatic N) is 1. The van der Waals surface area contributed by atoms with Gasteiger partial charge in [0.15, 0.2) is 0 Å². The Morgan fingerprint density at radius 3 is 2.68 bits per heavy atom. The predicted octanol–water partition coefficient (Wildman–Crippen LogP) is 2.70. The lowest BCUT2D eigenvalue weighted by atomic mass is 9.96. The van der Waals surface area contributed by atoms with Crippen molar-refractivity contribution in [1.82, 2.24) is 10.6 Å². The minimum atomic E-state index is -0.260. The molecule has 2 unspecified atom stereocenters. The first kappa shape index (κ1) is 21.5. The molecule has 1 fully saturated rings. The molecule has 6 heteroatoms. The number of carbonyl (C=O) groups is 2. The topological polar surface area (TPSA) is 61.4 Å². The number of hydrogen-bond donors (Lipinski definition) is 2. The standard InChI is InChI=1S/C19H29N3O2.ClH/c1-4-14(3)16-8-6-7-9-17(16)22-13-15(12-18(22)23)19(24)21-11-10-20-5-2;/h6-9,14-15,20H,4-5,10-13H2,1-3H3,(H,21,24);1H. The second kappa shape index (κ2) is 10.4. The summed E-state index contributed by atoms with van der Waals surface area (Å²) in [6, 6.07) is 8.04. The number of para-hydroxylation sites is 1. The Balaban J connectivity index is 0.00000312. The quantitative estimate of drug-likeness (QED) is 0.694. The lowest BCUT2D eigenvalue weighted by molar-refractivity contribution is -0.126. The molecule has 0 spiro atoms. The zero-order valence-corrected chi connectivity index (χ0v) is 16.2. The first-order valence-electron chi connectivity index (χ1n) is 8.96. The van der Waals surface area contributed by atoms with Gasteiger partial charge in [-0.1, -0.05) is 39.0 Å². The van der Waals surface area contributed by atoms with Gasteiger partial charge in [0.25, 0.3) is 0 Å². The highest BCUT2D eigenvalue weighted by Gasteiger charge is 2.35. The van der Waals surface area contributed by atoms with Gasteiger partial charge in [0, 0.05) is 31.7 Å². The van der Waals surface area contributed by atoms with E-state index in [1.54, 1.807) is 4.90 Å². The minimum Gasteiger partial charge on any atom is -0.355 e. The van der Waals surface area contributed by atoms with E-state index >= 15 is 0 Å². The molecule has 0 radical (unpaired) electrons. The smallest absolute Gasteiger partial charge is 0.227 e. The van der Waals surface area contributed by atoms with Crippen LogP contribution in [0.4, 0.5) is 5.69 Å². The first-order chi connectivity index (χ1) is 11.6. The van der Waals surface area contributed by atoms with Gasteiger partial charge in [-0.25, -0.2) is 0 Å². The summed E-state index contributed by atoms with van der Waals surface area (Å²) in [5, 5.41) is 6.09. The van der Waals surface area contributed by atoms with Crippen LogP contribution in [0.25, 0.3) is 0 Å². The van der Waals surface area contributed by atoms with Crippen LogP contribution in [0.5, 0.6) is 0 Å². The van der Waals surface area contributed by atoms with Gasteiger partial charge in [0.05, 0.1) is 5.92 Å². The van der Waals surface area contributed by atoms with Crippen LogP contribution in [-0.2, 0) is 9.59 Å². The van der Waals surface area contributed by atoms with E-state index in [-0.39, 0.29) is 30.1 Å². The Bertz CT molecular complexity index is 580. The summed E-state index contributed by atoms with van der Waals surface area (Å²) in [4.78, 5) is 26.5. The average Bonchev–Trinajstić information content (AvgIpc) is 2.99. The van der Waals surface area contributed by atoms with Crippen molar-refractivity contribution >= 4 is 29.9 Å². The van der Waals surface area contributed by atoms with Crippen LogP contribution in [0, 0.1) is 5.92 Å². The molecule has 0 aromatic heterocycles. The molecular weight excluding hydrogens is 338 g/mol. The van der Waals surface area contributed by atoms with Gasteiger partial charge in [0.1, 0.15) is 0 Å². The van der Waals surface area contributed by atoms with Gasteiger partial charge in [-0.15, -0.1) is 12.4 Å². The van der Waals surface area contributed by atoms with E-state index in [0.717, 1.165) is 25.2 Å². The van der Waals surface area contributed by atoms with Crippen molar-refractivity contribution in [2.75, 3.05) is 31.1 Å². The number of halogens is 1. The second-order valence-corrected chi connectivity index (χ2v) is 6.42. The Morgan fingerprint density at radius 1 is 1.28 bits per heavy atom. The molecule has 0 bridgehead atoms. The van der Waals surface area contributed by atoms with Crippen LogP contribution < -0.4 is 15.5 Å². The highest BCUT2D eigenvalue weighted by molar-refractivity contribution is 6.00. The number of carbonyl (C=O) groups excluding carboxylic acids is 2. The van der Waals surface area contributed by atoms with E-state index in [4.69, 9.17) is 0 Å². The maximum atomic E-state index is 12.5. The molecule has 0 saturated carbocycles. The molecule has 1 aromatic rings. The Kier molecular flexibility index (Phi) is 8.93. The van der Waals surface area contributed by atoms with Gasteiger partial charge >= 0.3 is 0 Å². The van der Waals surface area contributed by atoms with E-state index in [0.29, 0.717) is 25.4 Å². The average molecular weight is 368 g/mol. The molecule has 2 amide bonds. The highest BCUT2D eigenvalue weighted by Crippen LogP contribution is 2.33. The molecular formula is C19H30ClN3O2. The normalized spacial score (nSPS) is 18.0. The highest BCUT2D eigenvalue weighted by atomic mass is 35.5. The zero-order chi connectivity index (χ0) is 17.5. The number of benzene rings is 1. The Labute approximate surface area is 157 Å². The van der Waals surface area contributed by atoms with Gasteiger partial charge in [-0.05, 0) is 30.5 Å². The van der Waals surface area contributed by atoms with Crippen molar-refractivity contribution in [2.24, 2.45) is 5.92 Å². The summed E-state index contributed by atoms with van der Waals surface area (Å²) in [6.07, 6.45) is 1.31. The fraction of sp³-hybridized carbons (Fsp3) is 0.579. The predicted molar refractivity (Wildman–Crippen MR) is 104 cm³/mol. The summed E-state index contributed by atoms with van der Waals surface area (Å²) >= 11 is 0. The molecule has 1 aliphatic rings. The number of likely N-dealkylation sites (N-methyl/N-ethyl adjacent to an activating group) is 1. The van der Waals surface area contributed by atoms with Gasteiger partial charge < -0.3 is 15.5 Å². The van der Waals surface area contributed by atoms with Crippen molar-refractivity contribution in [3.8, 4) is 0 Å². The number of anilines is 1. The van der Waals surface area contributed by atoms with Crippen LogP contribution >= 0.6 is 12.4 Å². The van der Waals surface area contributed by atoms with Crippen LogP contribution in [0.2, 0.25) is 0 Å². The molecule has 25 heavy (non-hydrogen) atoms. The van der Waals surface area contributed by atoms with E-state index in [1.807, 2.05) is 25.1 Å². The molecule has 1 aliphatic heterocycles. The lowest BCUT2D eigenvalue weighted by Gasteiger charge is -2.23. The third-order valence-electron chi connectivity index (χ3n) is 4.72. The first-order valence-corrected chi connectivity index (χ1v) is 8.96. The summed E-state index contributed by atoms with van der Waals surface area (Å²) in [5.74, 6) is 0.147. The van der Waals surface area contributed by atoms with Crippen molar-refractivity contribution in [1.29, 1.82) is 0 Å². The number of rotatable bonds is 8. The van der Waals surface area contributed by atoms with Crippen LogP contribution in [-0.4, -0.2) is 38.0 Å². The minimum absolute atomic E-state index is 0. The Morgan fingerprint density at radius 2 is 2.00 bits per heavy atom. The zero-order valence-electron chi connectivity index (χ0n) is 15.4. The Hall–Kier alpha value is -1.59. The molecule has 5 nitrogen and oxygen atoms in total. The van der Waals surface area contributed by atoms with Crippen molar-refractivity contribution in [2.45, 2.75) is 39.5 Å². The number of nitrogens with one attached hydrogen (secondary N) is 2.